The Kier molecular flexibility index (Phi) is 7.14. The third kappa shape index (κ3) is 6.25. The molecular weight excluding hydrogens is 408 g/mol. The lowest BCUT2D eigenvalue weighted by molar-refractivity contribution is -0.152. The smallest absolute Gasteiger partial charge is 0.347 e. The Morgan fingerprint density at radius 2 is 1.72 bits per heavy atom. The minimum Gasteiger partial charge on any atom is -0.479 e. The molecule has 0 N–H and O–H groups in total. The minimum absolute atomic E-state index is 0.290. The zero-order valence-corrected chi connectivity index (χ0v) is 16.6. The van der Waals surface area contributed by atoms with Gasteiger partial charge in [0, 0.05) is 4.47 Å². The molecule has 1 unspecified atom stereocenters. The monoisotopic (exact) mass is 426 g/mol. The number of rotatable bonds is 7. The van der Waals surface area contributed by atoms with Gasteiger partial charge in [0.2, 0.25) is 0 Å². The Labute approximate surface area is 161 Å². The summed E-state index contributed by atoms with van der Waals surface area (Å²) in [5.41, 5.74) is 0. The van der Waals surface area contributed by atoms with Gasteiger partial charge in [-0.1, -0.05) is 41.4 Å². The van der Waals surface area contributed by atoms with E-state index in [0.717, 1.165) is 4.47 Å². The summed E-state index contributed by atoms with van der Waals surface area (Å²) in [7, 11) is 0. The van der Waals surface area contributed by atoms with Gasteiger partial charge in [0.25, 0.3) is 0 Å². The molecule has 0 aromatic heterocycles. The van der Waals surface area contributed by atoms with E-state index in [1.54, 1.807) is 43.3 Å². The maximum Gasteiger partial charge on any atom is 0.347 e. The van der Waals surface area contributed by atoms with E-state index in [1.165, 1.54) is 0 Å². The minimum atomic E-state index is -0.675. The molecule has 1 atom stereocenters. The Hall–Kier alpha value is -1.72. The number of hydrogen-bond acceptors (Lipinski definition) is 4. The van der Waals surface area contributed by atoms with E-state index in [4.69, 9.17) is 25.8 Å². The molecule has 0 bridgehead atoms. The summed E-state index contributed by atoms with van der Waals surface area (Å²) >= 11 is 9.49. The second-order valence-electron chi connectivity index (χ2n) is 5.93. The summed E-state index contributed by atoms with van der Waals surface area (Å²) in [6, 6.07) is 12.4. The molecule has 0 radical (unpaired) electrons. The third-order valence-electron chi connectivity index (χ3n) is 3.15. The van der Waals surface area contributed by atoms with Gasteiger partial charge in [-0.05, 0) is 55.3 Å². The van der Waals surface area contributed by atoms with Crippen molar-refractivity contribution in [3.63, 3.8) is 0 Å². The Morgan fingerprint density at radius 1 is 1.08 bits per heavy atom. The van der Waals surface area contributed by atoms with Crippen molar-refractivity contribution in [1.82, 2.24) is 0 Å². The van der Waals surface area contributed by atoms with Crippen molar-refractivity contribution in [1.29, 1.82) is 0 Å². The molecule has 6 heteroatoms. The van der Waals surface area contributed by atoms with Gasteiger partial charge in [0.05, 0.1) is 11.6 Å². The molecule has 0 spiro atoms. The largest absolute Gasteiger partial charge is 0.479 e. The first-order chi connectivity index (χ1) is 11.8. The van der Waals surface area contributed by atoms with E-state index < -0.39 is 6.10 Å². The molecule has 2 aromatic carbocycles. The zero-order chi connectivity index (χ0) is 18.4. The van der Waals surface area contributed by atoms with Gasteiger partial charge in [-0.2, -0.15) is 0 Å². The van der Waals surface area contributed by atoms with E-state index in [-0.39, 0.29) is 11.9 Å². The fraction of sp³-hybridized carbons (Fsp3) is 0.316. The van der Waals surface area contributed by atoms with Crippen molar-refractivity contribution in [2.45, 2.75) is 26.9 Å². The SMILES string of the molecule is CC(C)COC(=O)C(C)Oc1ccc(Oc2ccc(Br)cc2Cl)cc1. The summed E-state index contributed by atoms with van der Waals surface area (Å²) in [4.78, 5) is 11.8. The predicted molar refractivity (Wildman–Crippen MR) is 102 cm³/mol. The summed E-state index contributed by atoms with van der Waals surface area (Å²) in [5, 5.41) is 0.510. The van der Waals surface area contributed by atoms with Crippen molar-refractivity contribution >= 4 is 33.5 Å². The Balaban J connectivity index is 1.94. The van der Waals surface area contributed by atoms with Gasteiger partial charge in [-0.15, -0.1) is 0 Å². The van der Waals surface area contributed by atoms with E-state index in [0.29, 0.717) is 28.9 Å². The van der Waals surface area contributed by atoms with Crippen LogP contribution in [0.5, 0.6) is 17.2 Å². The first kappa shape index (κ1) is 19.6. The molecule has 134 valence electrons. The van der Waals surface area contributed by atoms with Gasteiger partial charge >= 0.3 is 5.97 Å². The molecule has 4 nitrogen and oxygen atoms in total. The van der Waals surface area contributed by atoms with Crippen molar-refractivity contribution in [2.75, 3.05) is 6.61 Å². The summed E-state index contributed by atoms with van der Waals surface area (Å²) in [5.74, 6) is 1.65. The third-order valence-corrected chi connectivity index (χ3v) is 3.94. The summed E-state index contributed by atoms with van der Waals surface area (Å²) in [6.07, 6.45) is -0.675. The first-order valence-corrected chi connectivity index (χ1v) is 9.08. The number of benzene rings is 2. The van der Waals surface area contributed by atoms with Gasteiger partial charge in [-0.3, -0.25) is 0 Å². The molecule has 0 aliphatic rings. The van der Waals surface area contributed by atoms with Crippen molar-refractivity contribution in [3.8, 4) is 17.2 Å². The molecule has 0 saturated heterocycles. The molecule has 0 heterocycles. The normalized spacial score (nSPS) is 11.9. The molecule has 0 aliphatic heterocycles. The van der Waals surface area contributed by atoms with Gasteiger partial charge in [-0.25, -0.2) is 4.79 Å². The maximum absolute atomic E-state index is 11.8. The van der Waals surface area contributed by atoms with Gasteiger partial charge in [0.15, 0.2) is 6.10 Å². The van der Waals surface area contributed by atoms with Crippen LogP contribution in [-0.2, 0) is 9.53 Å². The fourth-order valence-electron chi connectivity index (χ4n) is 1.89. The van der Waals surface area contributed by atoms with Crippen LogP contribution in [0.4, 0.5) is 0 Å². The fourth-order valence-corrected chi connectivity index (χ4v) is 2.60. The van der Waals surface area contributed by atoms with Crippen LogP contribution in [0.1, 0.15) is 20.8 Å². The van der Waals surface area contributed by atoms with Gasteiger partial charge in [0.1, 0.15) is 17.2 Å². The van der Waals surface area contributed by atoms with Crippen LogP contribution in [0.25, 0.3) is 0 Å². The molecule has 0 aliphatic carbocycles. The van der Waals surface area contributed by atoms with Crippen LogP contribution >= 0.6 is 27.5 Å². The predicted octanol–water partition coefficient (Wildman–Crippen LogP) is 5.86. The summed E-state index contributed by atoms with van der Waals surface area (Å²) < 4.78 is 17.4. The van der Waals surface area contributed by atoms with E-state index in [9.17, 15) is 4.79 Å². The topological polar surface area (TPSA) is 44.8 Å². The van der Waals surface area contributed by atoms with Crippen LogP contribution in [0, 0.1) is 5.92 Å². The molecule has 2 aromatic rings. The molecule has 2 rings (SSSR count). The molecule has 25 heavy (non-hydrogen) atoms. The van der Waals surface area contributed by atoms with Crippen molar-refractivity contribution < 1.29 is 19.0 Å². The second-order valence-corrected chi connectivity index (χ2v) is 7.26. The van der Waals surface area contributed by atoms with E-state index in [2.05, 4.69) is 15.9 Å². The lowest BCUT2D eigenvalue weighted by Crippen LogP contribution is -2.27. The van der Waals surface area contributed by atoms with Crippen LogP contribution in [0.15, 0.2) is 46.9 Å². The van der Waals surface area contributed by atoms with Crippen molar-refractivity contribution in [2.24, 2.45) is 5.92 Å². The van der Waals surface area contributed by atoms with E-state index >= 15 is 0 Å². The highest BCUT2D eigenvalue weighted by molar-refractivity contribution is 9.10. The highest BCUT2D eigenvalue weighted by Gasteiger charge is 2.16. The van der Waals surface area contributed by atoms with Crippen LogP contribution in [0.2, 0.25) is 5.02 Å². The lowest BCUT2D eigenvalue weighted by atomic mass is 10.2. The summed E-state index contributed by atoms with van der Waals surface area (Å²) in [6.45, 7) is 6.01. The lowest BCUT2D eigenvalue weighted by Gasteiger charge is -2.15. The first-order valence-electron chi connectivity index (χ1n) is 7.91. The quantitative estimate of drug-likeness (QED) is 0.519. The number of hydrogen-bond donors (Lipinski definition) is 0. The van der Waals surface area contributed by atoms with Crippen LogP contribution in [0.3, 0.4) is 0 Å². The average Bonchev–Trinajstić information content (AvgIpc) is 2.56. The Bertz CT molecular complexity index is 716. The molecule has 0 saturated carbocycles. The number of carbonyl (C=O) groups excluding carboxylic acids is 1. The number of halogens is 2. The number of carbonyl (C=O) groups is 1. The molecule has 0 amide bonds. The standard InChI is InChI=1S/C19H20BrClO4/c1-12(2)11-23-19(22)13(3)24-15-5-7-16(8-6-15)25-18-9-4-14(20)10-17(18)21/h4-10,12-13H,11H2,1-3H3. The van der Waals surface area contributed by atoms with Gasteiger partial charge < -0.3 is 14.2 Å². The van der Waals surface area contributed by atoms with Crippen LogP contribution in [-0.4, -0.2) is 18.7 Å². The van der Waals surface area contributed by atoms with Crippen molar-refractivity contribution in [3.05, 3.63) is 52.0 Å². The average molecular weight is 428 g/mol. The molecule has 0 fully saturated rings. The van der Waals surface area contributed by atoms with E-state index in [1.807, 2.05) is 19.9 Å². The number of ether oxygens (including phenoxy) is 3. The highest BCUT2D eigenvalue weighted by atomic mass is 79.9. The maximum atomic E-state index is 11.8. The molecular formula is C19H20BrClO4. The highest BCUT2D eigenvalue weighted by Crippen LogP contribution is 2.32. The number of esters is 1. The second kappa shape index (κ2) is 9.11. The Morgan fingerprint density at radius 3 is 2.32 bits per heavy atom. The van der Waals surface area contributed by atoms with Crippen LogP contribution < -0.4 is 9.47 Å². The zero-order valence-electron chi connectivity index (χ0n) is 14.3.